The minimum atomic E-state index is -4.02. The Morgan fingerprint density at radius 3 is 2.42 bits per heavy atom. The average molecular weight is 527 g/mol. The maximum atomic E-state index is 12.8. The van der Waals surface area contributed by atoms with Gasteiger partial charge in [-0.2, -0.15) is 0 Å². The zero-order chi connectivity index (χ0) is 25.7. The Balaban J connectivity index is 1.35. The maximum Gasteiger partial charge on any atom is 0.269 e. The number of rotatable bonds is 7. The van der Waals surface area contributed by atoms with Gasteiger partial charge in [-0.1, -0.05) is 60.1 Å². The predicted molar refractivity (Wildman–Crippen MR) is 134 cm³/mol. The molecule has 1 aliphatic heterocycles. The third-order valence-electron chi connectivity index (χ3n) is 5.63. The van der Waals surface area contributed by atoms with Gasteiger partial charge >= 0.3 is 0 Å². The second kappa shape index (κ2) is 10.8. The predicted octanol–water partition coefficient (Wildman–Crippen LogP) is 2.95. The van der Waals surface area contributed by atoms with Crippen molar-refractivity contribution in [2.75, 3.05) is 11.3 Å². The molecule has 3 amide bonds. The lowest BCUT2D eigenvalue weighted by atomic mass is 10.1. The number of nitrogens with zero attached hydrogens (tertiary/aromatic N) is 1. The van der Waals surface area contributed by atoms with Crippen molar-refractivity contribution in [1.82, 2.24) is 15.8 Å². The molecule has 0 spiro atoms. The van der Waals surface area contributed by atoms with Gasteiger partial charge in [0.25, 0.3) is 15.9 Å². The fraction of sp³-hybridized carbons (Fsp3) is 0.160. The molecule has 1 unspecified atom stereocenters. The number of halogens is 1. The van der Waals surface area contributed by atoms with Gasteiger partial charge in [0.05, 0.1) is 21.5 Å². The molecule has 4 rings (SSSR count). The summed E-state index contributed by atoms with van der Waals surface area (Å²) >= 11 is 6.03. The fourth-order valence-electron chi connectivity index (χ4n) is 3.75. The Hall–Kier alpha value is -3.89. The molecular weight excluding hydrogens is 504 g/mol. The first-order valence-corrected chi connectivity index (χ1v) is 12.9. The Morgan fingerprint density at radius 1 is 0.944 bits per heavy atom. The van der Waals surface area contributed by atoms with Gasteiger partial charge in [-0.15, -0.1) is 0 Å². The van der Waals surface area contributed by atoms with E-state index in [-0.39, 0.29) is 40.0 Å². The van der Waals surface area contributed by atoms with Crippen molar-refractivity contribution < 1.29 is 22.8 Å². The van der Waals surface area contributed by atoms with Gasteiger partial charge in [0.1, 0.15) is 0 Å². The van der Waals surface area contributed by atoms with Crippen LogP contribution in [0.2, 0.25) is 5.02 Å². The highest BCUT2D eigenvalue weighted by Gasteiger charge is 2.34. The van der Waals surface area contributed by atoms with Crippen LogP contribution in [0, 0.1) is 5.92 Å². The van der Waals surface area contributed by atoms with Crippen molar-refractivity contribution in [3.8, 4) is 0 Å². The number of hydrazine groups is 1. The first-order chi connectivity index (χ1) is 17.2. The number of nitrogens with one attached hydrogen (secondary N) is 3. The van der Waals surface area contributed by atoms with E-state index in [2.05, 4.69) is 15.6 Å². The summed E-state index contributed by atoms with van der Waals surface area (Å²) in [7, 11) is -4.02. The smallest absolute Gasteiger partial charge is 0.269 e. The third-order valence-corrected chi connectivity index (χ3v) is 7.32. The first-order valence-electron chi connectivity index (χ1n) is 11.0. The molecule has 1 atom stereocenters. The van der Waals surface area contributed by atoms with E-state index < -0.39 is 27.8 Å². The number of anilines is 1. The van der Waals surface area contributed by atoms with Gasteiger partial charge in [0, 0.05) is 25.1 Å². The summed E-state index contributed by atoms with van der Waals surface area (Å²) in [6.45, 7) is 0.635. The van der Waals surface area contributed by atoms with Gasteiger partial charge < -0.3 is 4.90 Å². The molecular formula is C25H23ClN4O5S. The summed E-state index contributed by atoms with van der Waals surface area (Å²) < 4.78 is 27.9. The zero-order valence-electron chi connectivity index (χ0n) is 19.0. The Morgan fingerprint density at radius 2 is 1.67 bits per heavy atom. The van der Waals surface area contributed by atoms with Crippen molar-refractivity contribution in [2.24, 2.45) is 5.92 Å². The molecule has 1 heterocycles. The molecule has 1 saturated heterocycles. The van der Waals surface area contributed by atoms with Crippen LogP contribution in [0.4, 0.5) is 5.69 Å². The molecule has 0 bridgehead atoms. The molecule has 11 heteroatoms. The lowest BCUT2D eigenvalue weighted by Crippen LogP contribution is -2.45. The topological polar surface area (TPSA) is 125 Å². The van der Waals surface area contributed by atoms with E-state index in [1.807, 2.05) is 30.3 Å². The molecule has 0 aliphatic carbocycles. The summed E-state index contributed by atoms with van der Waals surface area (Å²) in [6.07, 6.45) is 0.0377. The summed E-state index contributed by atoms with van der Waals surface area (Å²) in [5.41, 5.74) is 5.80. The van der Waals surface area contributed by atoms with Crippen LogP contribution in [0.1, 0.15) is 22.3 Å². The van der Waals surface area contributed by atoms with Crippen LogP contribution < -0.4 is 15.6 Å². The lowest BCUT2D eigenvalue weighted by molar-refractivity contribution is -0.129. The van der Waals surface area contributed by atoms with Gasteiger partial charge in [-0.05, 0) is 35.9 Å². The highest BCUT2D eigenvalue weighted by atomic mass is 35.5. The molecule has 3 N–H and O–H groups in total. The quantitative estimate of drug-likeness (QED) is 0.408. The van der Waals surface area contributed by atoms with Crippen LogP contribution in [-0.2, 0) is 26.2 Å². The Labute approximate surface area is 213 Å². The van der Waals surface area contributed by atoms with E-state index in [1.54, 1.807) is 23.1 Å². The minimum Gasteiger partial charge on any atom is -0.338 e. The second-order valence-electron chi connectivity index (χ2n) is 8.22. The molecule has 3 aromatic rings. The Bertz CT molecular complexity index is 1400. The van der Waals surface area contributed by atoms with E-state index in [9.17, 15) is 22.8 Å². The van der Waals surface area contributed by atoms with E-state index in [4.69, 9.17) is 11.6 Å². The summed E-state index contributed by atoms with van der Waals surface area (Å²) in [5.74, 6) is -1.97. The molecule has 0 saturated carbocycles. The van der Waals surface area contributed by atoms with E-state index in [1.165, 1.54) is 30.3 Å². The highest BCUT2D eigenvalue weighted by Crippen LogP contribution is 2.24. The number of sulfonamides is 1. The molecule has 0 aromatic heterocycles. The third kappa shape index (κ3) is 6.02. The first kappa shape index (κ1) is 25.2. The van der Waals surface area contributed by atoms with Crippen LogP contribution in [0.5, 0.6) is 0 Å². The van der Waals surface area contributed by atoms with Crippen molar-refractivity contribution in [3.63, 3.8) is 0 Å². The molecule has 3 aromatic carbocycles. The van der Waals surface area contributed by atoms with E-state index >= 15 is 0 Å². The molecule has 36 heavy (non-hydrogen) atoms. The van der Waals surface area contributed by atoms with Crippen LogP contribution in [0.25, 0.3) is 0 Å². The van der Waals surface area contributed by atoms with Crippen LogP contribution in [0.15, 0.2) is 83.8 Å². The number of likely N-dealkylation sites (tertiary alicyclic amines) is 1. The molecule has 9 nitrogen and oxygen atoms in total. The van der Waals surface area contributed by atoms with Crippen molar-refractivity contribution in [3.05, 3.63) is 95.0 Å². The zero-order valence-corrected chi connectivity index (χ0v) is 20.6. The van der Waals surface area contributed by atoms with Crippen molar-refractivity contribution >= 4 is 45.0 Å². The van der Waals surface area contributed by atoms with Crippen molar-refractivity contribution in [2.45, 2.75) is 17.9 Å². The highest BCUT2D eigenvalue weighted by molar-refractivity contribution is 7.92. The number of para-hydroxylation sites is 1. The van der Waals surface area contributed by atoms with Gasteiger partial charge in [-0.3, -0.25) is 30.0 Å². The summed E-state index contributed by atoms with van der Waals surface area (Å²) in [4.78, 5) is 38.9. The van der Waals surface area contributed by atoms with Gasteiger partial charge in [0.2, 0.25) is 11.8 Å². The van der Waals surface area contributed by atoms with Crippen LogP contribution >= 0.6 is 11.6 Å². The molecule has 186 valence electrons. The fourth-order valence-corrected chi connectivity index (χ4v) is 5.11. The monoisotopic (exact) mass is 526 g/mol. The normalized spacial score (nSPS) is 15.4. The second-order valence-corrected chi connectivity index (χ2v) is 10.3. The van der Waals surface area contributed by atoms with Crippen LogP contribution in [0.3, 0.4) is 0 Å². The van der Waals surface area contributed by atoms with E-state index in [0.29, 0.717) is 6.54 Å². The lowest BCUT2D eigenvalue weighted by Gasteiger charge is -2.17. The molecule has 0 radical (unpaired) electrons. The average Bonchev–Trinajstić information content (AvgIpc) is 3.24. The van der Waals surface area contributed by atoms with E-state index in [0.717, 1.165) is 5.56 Å². The summed E-state index contributed by atoms with van der Waals surface area (Å²) in [5, 5.41) is 0.227. The standard InChI is InChI=1S/C25H23ClN4O5S/c26-21-11-4-5-12-22(21)29-36(34,35)20-10-6-9-18(13-20)24(32)27-28-25(33)19-14-23(31)30(16-19)15-17-7-2-1-3-8-17/h1-13,19,29H,14-16H2,(H,27,32)(H,28,33). The number of benzene rings is 3. The number of carbonyl (C=O) groups excluding carboxylic acids is 3. The van der Waals surface area contributed by atoms with Crippen molar-refractivity contribution in [1.29, 1.82) is 0 Å². The van der Waals surface area contributed by atoms with Gasteiger partial charge in [0.15, 0.2) is 0 Å². The number of hydrogen-bond donors (Lipinski definition) is 3. The SMILES string of the molecule is O=C(NNC(=O)C1CC(=O)N(Cc2ccccc2)C1)c1cccc(S(=O)(=O)Nc2ccccc2Cl)c1. The summed E-state index contributed by atoms with van der Waals surface area (Å²) in [6, 6.07) is 21.1. The largest absolute Gasteiger partial charge is 0.338 e. The van der Waals surface area contributed by atoms with Gasteiger partial charge in [-0.25, -0.2) is 8.42 Å². The number of hydrogen-bond acceptors (Lipinski definition) is 5. The number of amides is 3. The minimum absolute atomic E-state index is 0.0190. The van der Waals surface area contributed by atoms with Crippen LogP contribution in [-0.4, -0.2) is 37.6 Å². The Kier molecular flexibility index (Phi) is 7.56. The maximum absolute atomic E-state index is 12.8. The number of carbonyl (C=O) groups is 3. The molecule has 1 aliphatic rings. The molecule has 1 fully saturated rings.